The summed E-state index contributed by atoms with van der Waals surface area (Å²) in [6, 6.07) is 0.368. The minimum atomic E-state index is -2.66. The van der Waals surface area contributed by atoms with E-state index in [1.807, 2.05) is 18.9 Å². The number of hydrogen-bond donors (Lipinski definition) is 5. The van der Waals surface area contributed by atoms with E-state index in [2.05, 4.69) is 0 Å². The molecule has 1 aromatic rings. The molecule has 3 aliphatic rings. The van der Waals surface area contributed by atoms with E-state index in [4.69, 9.17) is 17.3 Å². The lowest BCUT2D eigenvalue weighted by Gasteiger charge is -2.50. The summed E-state index contributed by atoms with van der Waals surface area (Å²) >= 11 is 6.70. The number of allylic oxidation sites excluding steroid dienone is 1. The molecule has 0 aliphatic heterocycles. The van der Waals surface area contributed by atoms with Crippen molar-refractivity contribution in [2.24, 2.45) is 17.6 Å². The first-order valence-corrected chi connectivity index (χ1v) is 12.0. The molecule has 1 amide bonds. The number of aromatic hydroxyl groups is 1. The van der Waals surface area contributed by atoms with E-state index in [1.54, 1.807) is 14.1 Å². The van der Waals surface area contributed by atoms with Gasteiger partial charge in [-0.05, 0) is 63.6 Å². The third kappa shape index (κ3) is 3.54. The van der Waals surface area contributed by atoms with Crippen molar-refractivity contribution >= 4 is 29.1 Å². The van der Waals surface area contributed by atoms with Gasteiger partial charge in [-0.1, -0.05) is 18.5 Å². The number of benzene rings is 1. The fraction of sp³-hybridized carbons (Fsp3) is 0.480. The van der Waals surface area contributed by atoms with E-state index >= 15 is 0 Å². The van der Waals surface area contributed by atoms with Gasteiger partial charge in [0.25, 0.3) is 5.91 Å². The number of fused-ring (bicyclic) bond motifs is 3. The van der Waals surface area contributed by atoms with E-state index < -0.39 is 58.0 Å². The Balaban J connectivity index is 1.91. The Morgan fingerprint density at radius 1 is 1.22 bits per heavy atom. The van der Waals surface area contributed by atoms with Crippen molar-refractivity contribution in [3.05, 3.63) is 50.4 Å². The fourth-order valence-corrected chi connectivity index (χ4v) is 6.16. The molecule has 10 nitrogen and oxygen atoms in total. The second-order valence-corrected chi connectivity index (χ2v) is 10.4. The van der Waals surface area contributed by atoms with Crippen LogP contribution in [0.5, 0.6) is 5.75 Å². The summed E-state index contributed by atoms with van der Waals surface area (Å²) in [5.74, 6) is -6.84. The van der Waals surface area contributed by atoms with Crippen LogP contribution in [0, 0.1) is 11.8 Å². The van der Waals surface area contributed by atoms with Crippen LogP contribution in [0.3, 0.4) is 0 Å². The highest BCUT2D eigenvalue weighted by Crippen LogP contribution is 2.53. The van der Waals surface area contributed by atoms with Crippen LogP contribution in [0.25, 0.3) is 0 Å². The molecule has 0 heterocycles. The molecule has 0 saturated carbocycles. The molecular weight excluding hydrogens is 490 g/mol. The smallest absolute Gasteiger partial charge is 0.255 e. The number of phenols is 1. The largest absolute Gasteiger partial charge is 0.510 e. The molecular formula is C25H30ClN3O7. The molecule has 11 heteroatoms. The maximum Gasteiger partial charge on any atom is 0.255 e. The number of likely N-dealkylation sites (N-methyl/N-ethyl adjacent to an activating group) is 1. The molecule has 6 N–H and O–H groups in total. The summed E-state index contributed by atoms with van der Waals surface area (Å²) in [5, 5.41) is 44.8. The first-order chi connectivity index (χ1) is 16.8. The highest BCUT2D eigenvalue weighted by atomic mass is 35.5. The predicted molar refractivity (Wildman–Crippen MR) is 131 cm³/mol. The van der Waals surface area contributed by atoms with Gasteiger partial charge in [-0.2, -0.15) is 0 Å². The van der Waals surface area contributed by atoms with Crippen LogP contribution in [0.2, 0.25) is 5.02 Å². The fourth-order valence-electron chi connectivity index (χ4n) is 5.87. The topological polar surface area (TPSA) is 165 Å². The summed E-state index contributed by atoms with van der Waals surface area (Å²) in [5.41, 5.74) is 2.60. The summed E-state index contributed by atoms with van der Waals surface area (Å²) < 4.78 is 0. The average Bonchev–Trinajstić information content (AvgIpc) is 2.78. The van der Waals surface area contributed by atoms with E-state index in [1.165, 1.54) is 11.0 Å². The molecule has 4 rings (SSSR count). The molecule has 0 spiro atoms. The van der Waals surface area contributed by atoms with Gasteiger partial charge in [-0.25, -0.2) is 0 Å². The van der Waals surface area contributed by atoms with Gasteiger partial charge in [-0.3, -0.25) is 19.3 Å². The highest BCUT2D eigenvalue weighted by molar-refractivity contribution is 6.33. The maximum absolute atomic E-state index is 13.6. The van der Waals surface area contributed by atoms with Gasteiger partial charge in [0, 0.05) is 23.1 Å². The number of aliphatic hydroxyl groups is 3. The van der Waals surface area contributed by atoms with Crippen LogP contribution >= 0.6 is 11.6 Å². The second kappa shape index (κ2) is 8.88. The number of carbonyl (C=O) groups excluding carboxylic acids is 3. The number of nitrogens with zero attached hydrogens (tertiary/aromatic N) is 2. The Morgan fingerprint density at radius 2 is 1.86 bits per heavy atom. The van der Waals surface area contributed by atoms with E-state index in [-0.39, 0.29) is 29.7 Å². The summed E-state index contributed by atoms with van der Waals surface area (Å²) in [7, 11) is 5.05. The van der Waals surface area contributed by atoms with E-state index in [9.17, 15) is 34.8 Å². The average molecular weight is 520 g/mol. The zero-order valence-corrected chi connectivity index (χ0v) is 21.3. The Kier molecular flexibility index (Phi) is 6.45. The number of primary amides is 1. The SMILES string of the molecule is CCN(C)Cc1cc(O)c2c(c1Cl)C[C@H]1C[C@H]3[C@H](N(C)C)C(O)=C(C(N)=O)C(=O)[C@@]3(O)C(O)=C1C2=O. The monoisotopic (exact) mass is 519 g/mol. The number of carbonyl (C=O) groups is 3. The predicted octanol–water partition coefficient (Wildman–Crippen LogP) is 1.23. The third-order valence-corrected chi connectivity index (χ3v) is 8.18. The van der Waals surface area contributed by atoms with Gasteiger partial charge >= 0.3 is 0 Å². The number of aliphatic hydroxyl groups excluding tert-OH is 2. The van der Waals surface area contributed by atoms with Crippen LogP contribution in [0.4, 0.5) is 0 Å². The number of halogens is 1. The van der Waals surface area contributed by atoms with Crippen molar-refractivity contribution in [1.82, 2.24) is 9.80 Å². The zero-order chi connectivity index (χ0) is 26.9. The normalized spacial score (nSPS) is 27.9. The van der Waals surface area contributed by atoms with Crippen molar-refractivity contribution in [3.8, 4) is 5.75 Å². The van der Waals surface area contributed by atoms with Crippen LogP contribution in [0.1, 0.15) is 34.8 Å². The van der Waals surface area contributed by atoms with Crippen molar-refractivity contribution in [2.75, 3.05) is 27.7 Å². The Hall–Kier alpha value is -2.92. The van der Waals surface area contributed by atoms with Gasteiger partial charge < -0.3 is 31.1 Å². The number of rotatable bonds is 5. The second-order valence-electron chi connectivity index (χ2n) is 10.0. The van der Waals surface area contributed by atoms with E-state index in [0.717, 1.165) is 6.54 Å². The van der Waals surface area contributed by atoms with Gasteiger partial charge in [0.15, 0.2) is 11.4 Å². The van der Waals surface area contributed by atoms with Gasteiger partial charge in [0.2, 0.25) is 5.78 Å². The lowest BCUT2D eigenvalue weighted by Crippen LogP contribution is -2.63. The van der Waals surface area contributed by atoms with Crippen molar-refractivity contribution in [1.29, 1.82) is 0 Å². The Bertz CT molecular complexity index is 1250. The summed E-state index contributed by atoms with van der Waals surface area (Å²) in [6.07, 6.45) is 0.173. The molecule has 194 valence electrons. The molecule has 36 heavy (non-hydrogen) atoms. The molecule has 0 bridgehead atoms. The van der Waals surface area contributed by atoms with Crippen molar-refractivity contribution in [2.45, 2.75) is 38.0 Å². The number of phenolic OH excluding ortho intramolecular Hbond substituents is 1. The van der Waals surface area contributed by atoms with Gasteiger partial charge in [0.1, 0.15) is 22.8 Å². The van der Waals surface area contributed by atoms with Gasteiger partial charge in [0.05, 0.1) is 11.6 Å². The highest BCUT2D eigenvalue weighted by Gasteiger charge is 2.63. The van der Waals surface area contributed by atoms with Crippen molar-refractivity contribution < 1.29 is 34.8 Å². The van der Waals surface area contributed by atoms with Crippen LogP contribution in [-0.4, -0.2) is 87.0 Å². The van der Waals surface area contributed by atoms with Crippen LogP contribution < -0.4 is 5.73 Å². The standard InChI is InChI=1S/C25H30ClN3O7/c1-5-29(4)9-11-8-14(30)16-12(18(11)26)6-10-7-13-19(28(2)3)21(32)17(24(27)35)23(34)25(13,36)22(33)15(10)20(16)31/h8,10,13,19,30,32-33,36H,5-7,9H2,1-4H3,(H2,27,35)/t10-,13-,19-,25-/m0/s1. The summed E-state index contributed by atoms with van der Waals surface area (Å²) in [6.45, 7) is 3.15. The lowest BCUT2D eigenvalue weighted by molar-refractivity contribution is -0.148. The minimum Gasteiger partial charge on any atom is -0.510 e. The van der Waals surface area contributed by atoms with Gasteiger partial charge in [-0.15, -0.1) is 0 Å². The minimum absolute atomic E-state index is 0.0158. The zero-order valence-electron chi connectivity index (χ0n) is 20.5. The number of amides is 1. The molecule has 0 aromatic heterocycles. The molecule has 1 aromatic carbocycles. The third-order valence-electron chi connectivity index (χ3n) is 7.71. The number of ketones is 2. The van der Waals surface area contributed by atoms with Crippen molar-refractivity contribution in [3.63, 3.8) is 0 Å². The maximum atomic E-state index is 13.6. The Labute approximate surface area is 213 Å². The molecule has 0 radical (unpaired) electrons. The molecule has 0 unspecified atom stereocenters. The summed E-state index contributed by atoms with van der Waals surface area (Å²) in [4.78, 5) is 42.4. The number of nitrogens with two attached hydrogens (primary N) is 1. The Morgan fingerprint density at radius 3 is 2.42 bits per heavy atom. The first-order valence-electron chi connectivity index (χ1n) is 11.6. The molecule has 4 atom stereocenters. The quantitative estimate of drug-likeness (QED) is 0.360. The molecule has 0 saturated heterocycles. The van der Waals surface area contributed by atoms with Crippen LogP contribution in [0.15, 0.2) is 28.7 Å². The lowest BCUT2D eigenvalue weighted by atomic mass is 9.58. The molecule has 3 aliphatic carbocycles. The number of hydrogen-bond acceptors (Lipinski definition) is 9. The van der Waals surface area contributed by atoms with Crippen LogP contribution in [-0.2, 0) is 22.6 Å². The number of Topliss-reactive ketones (excluding diaryl/α,β-unsaturated/α-hetero) is 2. The van der Waals surface area contributed by atoms with E-state index in [0.29, 0.717) is 22.7 Å². The first kappa shape index (κ1) is 26.2. The molecule has 0 fully saturated rings.